The zero-order chi connectivity index (χ0) is 12.4. The van der Waals surface area contributed by atoms with Crippen molar-refractivity contribution in [3.8, 4) is 5.75 Å². The Morgan fingerprint density at radius 3 is 2.76 bits per heavy atom. The van der Waals surface area contributed by atoms with Gasteiger partial charge in [0.05, 0.1) is 24.0 Å². The first-order valence-electron chi connectivity index (χ1n) is 5.74. The van der Waals surface area contributed by atoms with E-state index in [1.807, 2.05) is 18.2 Å². The lowest BCUT2D eigenvalue weighted by molar-refractivity contribution is 0.415. The van der Waals surface area contributed by atoms with Crippen molar-refractivity contribution in [3.63, 3.8) is 0 Å². The van der Waals surface area contributed by atoms with Gasteiger partial charge >= 0.3 is 0 Å². The molecule has 1 aromatic carbocycles. The number of fused-ring (bicyclic) bond motifs is 1. The van der Waals surface area contributed by atoms with Crippen LogP contribution in [0.2, 0.25) is 0 Å². The van der Waals surface area contributed by atoms with Gasteiger partial charge in [-0.25, -0.2) is 4.98 Å². The maximum Gasteiger partial charge on any atom is 0.124 e. The Morgan fingerprint density at radius 1 is 1.41 bits per heavy atom. The molecule has 0 atom stereocenters. The zero-order valence-electron chi connectivity index (χ0n) is 10.4. The number of hydrogen-bond acceptors (Lipinski definition) is 2. The molecule has 17 heavy (non-hydrogen) atoms. The highest BCUT2D eigenvalue weighted by Gasteiger charge is 2.11. The number of halogens is 1. The fraction of sp³-hybridized carbons (Fsp3) is 0.462. The highest BCUT2D eigenvalue weighted by molar-refractivity contribution is 6.16. The summed E-state index contributed by atoms with van der Waals surface area (Å²) >= 11 is 5.95. The SMILES string of the molecule is COc1ccc2c(c1)nc(CCl)n2CC(C)C. The molecule has 0 bridgehead atoms. The molecule has 0 saturated heterocycles. The van der Waals surface area contributed by atoms with Gasteiger partial charge in [0.25, 0.3) is 0 Å². The molecule has 1 heterocycles. The van der Waals surface area contributed by atoms with Gasteiger partial charge in [-0.1, -0.05) is 13.8 Å². The summed E-state index contributed by atoms with van der Waals surface area (Å²) in [5, 5.41) is 0. The van der Waals surface area contributed by atoms with E-state index >= 15 is 0 Å². The van der Waals surface area contributed by atoms with Gasteiger partial charge in [-0.3, -0.25) is 0 Å². The maximum absolute atomic E-state index is 5.95. The molecule has 0 saturated carbocycles. The van der Waals surface area contributed by atoms with Crippen LogP contribution < -0.4 is 4.74 Å². The van der Waals surface area contributed by atoms with Crippen LogP contribution in [0, 0.1) is 5.92 Å². The minimum Gasteiger partial charge on any atom is -0.497 e. The molecule has 0 fully saturated rings. The van der Waals surface area contributed by atoms with Crippen LogP contribution in [-0.4, -0.2) is 16.7 Å². The predicted molar refractivity (Wildman–Crippen MR) is 70.7 cm³/mol. The number of methoxy groups -OCH3 is 1. The predicted octanol–water partition coefficient (Wildman–Crippen LogP) is 3.44. The Bertz CT molecular complexity index is 519. The number of benzene rings is 1. The third-order valence-corrected chi connectivity index (χ3v) is 2.94. The van der Waals surface area contributed by atoms with Crippen LogP contribution >= 0.6 is 11.6 Å². The van der Waals surface area contributed by atoms with E-state index in [1.165, 1.54) is 0 Å². The Labute approximate surface area is 106 Å². The number of hydrogen-bond donors (Lipinski definition) is 0. The number of ether oxygens (including phenoxy) is 1. The van der Waals surface area contributed by atoms with Gasteiger partial charge in [0, 0.05) is 12.6 Å². The lowest BCUT2D eigenvalue weighted by atomic mass is 10.2. The van der Waals surface area contributed by atoms with E-state index in [-0.39, 0.29) is 0 Å². The standard InChI is InChI=1S/C13H17ClN2O/c1-9(2)8-16-12-5-4-10(17-3)6-11(12)15-13(16)7-14/h4-6,9H,7-8H2,1-3H3. The highest BCUT2D eigenvalue weighted by atomic mass is 35.5. The van der Waals surface area contributed by atoms with Crippen LogP contribution in [0.4, 0.5) is 0 Å². The first-order chi connectivity index (χ1) is 8.15. The van der Waals surface area contributed by atoms with Gasteiger partial charge in [-0.2, -0.15) is 0 Å². The molecule has 0 aliphatic carbocycles. The molecule has 1 aromatic heterocycles. The van der Waals surface area contributed by atoms with E-state index in [0.717, 1.165) is 29.2 Å². The van der Waals surface area contributed by atoms with Gasteiger partial charge in [0.2, 0.25) is 0 Å². The third kappa shape index (κ3) is 2.39. The Morgan fingerprint density at radius 2 is 2.18 bits per heavy atom. The van der Waals surface area contributed by atoms with Gasteiger partial charge in [-0.15, -0.1) is 11.6 Å². The summed E-state index contributed by atoms with van der Waals surface area (Å²) in [6.45, 7) is 5.31. The lowest BCUT2D eigenvalue weighted by Crippen LogP contribution is -2.07. The van der Waals surface area contributed by atoms with Crippen LogP contribution in [-0.2, 0) is 12.4 Å². The molecule has 0 aliphatic heterocycles. The van der Waals surface area contributed by atoms with Crippen molar-refractivity contribution in [2.75, 3.05) is 7.11 Å². The lowest BCUT2D eigenvalue weighted by Gasteiger charge is -2.10. The number of aromatic nitrogens is 2. The number of nitrogens with zero attached hydrogens (tertiary/aromatic N) is 2. The van der Waals surface area contributed by atoms with Crippen molar-refractivity contribution in [3.05, 3.63) is 24.0 Å². The molecule has 0 N–H and O–H groups in total. The zero-order valence-corrected chi connectivity index (χ0v) is 11.2. The quantitative estimate of drug-likeness (QED) is 0.780. The minimum absolute atomic E-state index is 0.434. The van der Waals surface area contributed by atoms with Crippen LogP contribution in [0.1, 0.15) is 19.7 Å². The Kier molecular flexibility index (Phi) is 3.57. The van der Waals surface area contributed by atoms with Gasteiger partial charge in [0.1, 0.15) is 11.6 Å². The van der Waals surface area contributed by atoms with E-state index in [1.54, 1.807) is 7.11 Å². The summed E-state index contributed by atoms with van der Waals surface area (Å²) in [6.07, 6.45) is 0. The van der Waals surface area contributed by atoms with Crippen molar-refractivity contribution in [1.82, 2.24) is 9.55 Å². The molecular weight excluding hydrogens is 236 g/mol. The molecule has 0 spiro atoms. The molecule has 4 heteroatoms. The van der Waals surface area contributed by atoms with Crippen LogP contribution in [0.25, 0.3) is 11.0 Å². The average Bonchev–Trinajstić information content (AvgIpc) is 2.65. The van der Waals surface area contributed by atoms with Gasteiger partial charge in [0.15, 0.2) is 0 Å². The summed E-state index contributed by atoms with van der Waals surface area (Å²) in [6, 6.07) is 5.95. The summed E-state index contributed by atoms with van der Waals surface area (Å²) in [7, 11) is 1.66. The number of imidazole rings is 1. The van der Waals surface area contributed by atoms with Gasteiger partial charge < -0.3 is 9.30 Å². The van der Waals surface area contributed by atoms with Crippen LogP contribution in [0.5, 0.6) is 5.75 Å². The number of rotatable bonds is 4. The smallest absolute Gasteiger partial charge is 0.124 e. The molecule has 0 aliphatic rings. The normalized spacial score (nSPS) is 11.4. The molecule has 0 radical (unpaired) electrons. The molecule has 0 amide bonds. The third-order valence-electron chi connectivity index (χ3n) is 2.70. The molecule has 2 aromatic rings. The second-order valence-corrected chi connectivity index (χ2v) is 4.79. The van der Waals surface area contributed by atoms with Crippen molar-refractivity contribution < 1.29 is 4.74 Å². The monoisotopic (exact) mass is 252 g/mol. The van der Waals surface area contributed by atoms with Gasteiger partial charge in [-0.05, 0) is 18.1 Å². The van der Waals surface area contributed by atoms with Crippen molar-refractivity contribution in [2.45, 2.75) is 26.3 Å². The second-order valence-electron chi connectivity index (χ2n) is 4.52. The Balaban J connectivity index is 2.55. The largest absolute Gasteiger partial charge is 0.497 e. The first kappa shape index (κ1) is 12.2. The molecule has 92 valence electrons. The minimum atomic E-state index is 0.434. The van der Waals surface area contributed by atoms with Crippen molar-refractivity contribution >= 4 is 22.6 Å². The van der Waals surface area contributed by atoms with Crippen molar-refractivity contribution in [2.24, 2.45) is 5.92 Å². The van der Waals surface area contributed by atoms with E-state index in [9.17, 15) is 0 Å². The molecule has 2 rings (SSSR count). The highest BCUT2D eigenvalue weighted by Crippen LogP contribution is 2.23. The number of alkyl halides is 1. The molecule has 0 unspecified atom stereocenters. The fourth-order valence-electron chi connectivity index (χ4n) is 1.96. The Hall–Kier alpha value is -1.22. The van der Waals surface area contributed by atoms with Crippen molar-refractivity contribution in [1.29, 1.82) is 0 Å². The van der Waals surface area contributed by atoms with Crippen LogP contribution in [0.3, 0.4) is 0 Å². The molecule has 3 nitrogen and oxygen atoms in total. The summed E-state index contributed by atoms with van der Waals surface area (Å²) in [5.41, 5.74) is 2.07. The summed E-state index contributed by atoms with van der Waals surface area (Å²) < 4.78 is 7.39. The van der Waals surface area contributed by atoms with E-state index < -0.39 is 0 Å². The average molecular weight is 253 g/mol. The fourth-order valence-corrected chi connectivity index (χ4v) is 2.16. The topological polar surface area (TPSA) is 27.1 Å². The van der Waals surface area contributed by atoms with E-state index in [2.05, 4.69) is 23.4 Å². The van der Waals surface area contributed by atoms with E-state index in [4.69, 9.17) is 16.3 Å². The molecular formula is C13H17ClN2O. The summed E-state index contributed by atoms with van der Waals surface area (Å²) in [4.78, 5) is 4.54. The van der Waals surface area contributed by atoms with E-state index in [0.29, 0.717) is 11.8 Å². The second kappa shape index (κ2) is 4.96. The maximum atomic E-state index is 5.95. The van der Waals surface area contributed by atoms with Crippen LogP contribution in [0.15, 0.2) is 18.2 Å². The summed E-state index contributed by atoms with van der Waals surface area (Å²) in [5.74, 6) is 2.75. The first-order valence-corrected chi connectivity index (χ1v) is 6.28.